The van der Waals surface area contributed by atoms with Crippen LogP contribution < -0.4 is 10.5 Å². The highest BCUT2D eigenvalue weighted by Gasteiger charge is 2.52. The van der Waals surface area contributed by atoms with Crippen molar-refractivity contribution in [3.05, 3.63) is 12.7 Å². The average molecular weight is 490 g/mol. The first kappa shape index (κ1) is 25.8. The summed E-state index contributed by atoms with van der Waals surface area (Å²) >= 11 is 0. The quantitative estimate of drug-likeness (QED) is 0.162. The van der Waals surface area contributed by atoms with Crippen LogP contribution in [-0.4, -0.2) is 69.2 Å². The van der Waals surface area contributed by atoms with E-state index in [1.807, 2.05) is 0 Å². The molecule has 1 aliphatic heterocycles. The maximum Gasteiger partial charge on any atom is 0.359 e. The molecule has 13 nitrogen and oxygen atoms in total. The van der Waals surface area contributed by atoms with E-state index in [9.17, 15) is 30.0 Å². The molecule has 0 spiro atoms. The van der Waals surface area contributed by atoms with Crippen LogP contribution in [-0.2, 0) is 13.8 Å². The lowest BCUT2D eigenvalue weighted by atomic mass is 9.93. The van der Waals surface area contributed by atoms with Crippen molar-refractivity contribution in [1.29, 1.82) is 0 Å². The summed E-state index contributed by atoms with van der Waals surface area (Å²) in [6.45, 7) is 6.52. The van der Waals surface area contributed by atoms with Gasteiger partial charge in [-0.1, -0.05) is 30.5 Å². The van der Waals surface area contributed by atoms with Crippen molar-refractivity contribution in [2.45, 2.75) is 88.9 Å². The lowest BCUT2D eigenvalue weighted by Crippen LogP contribution is -2.40. The van der Waals surface area contributed by atoms with Crippen molar-refractivity contribution in [3.63, 3.8) is 0 Å². The van der Waals surface area contributed by atoms with E-state index in [1.165, 1.54) is 10.9 Å². The topological polar surface area (TPSA) is 197 Å². The van der Waals surface area contributed by atoms with Crippen LogP contribution in [0.4, 0.5) is 5.82 Å². The van der Waals surface area contributed by atoms with Gasteiger partial charge in [0.05, 0.1) is 11.7 Å². The van der Waals surface area contributed by atoms with Crippen molar-refractivity contribution >= 4 is 24.6 Å². The first-order valence-electron chi connectivity index (χ1n) is 10.8. The van der Waals surface area contributed by atoms with Gasteiger partial charge < -0.3 is 40.4 Å². The number of nitrogens with zero attached hydrogens (tertiary/aromatic N) is 4. The minimum absolute atomic E-state index is 0.0259. The van der Waals surface area contributed by atoms with Crippen LogP contribution >= 0.6 is 7.60 Å². The van der Waals surface area contributed by atoms with Crippen molar-refractivity contribution < 1.29 is 44.0 Å². The number of nitrogen functional groups attached to an aromatic ring is 1. The van der Waals surface area contributed by atoms with Crippen molar-refractivity contribution in [2.24, 2.45) is 0 Å². The summed E-state index contributed by atoms with van der Waals surface area (Å²) in [5.74, 6) is -0.0617. The molecule has 7 N–H and O–H groups in total. The lowest BCUT2D eigenvalue weighted by Gasteiger charge is -2.38. The van der Waals surface area contributed by atoms with Crippen molar-refractivity contribution in [1.82, 2.24) is 14.5 Å². The van der Waals surface area contributed by atoms with Crippen LogP contribution in [0.15, 0.2) is 12.7 Å². The maximum absolute atomic E-state index is 12.9. The van der Waals surface area contributed by atoms with Gasteiger partial charge in [-0.15, -0.1) is 0 Å². The van der Waals surface area contributed by atoms with Gasteiger partial charge >= 0.3 is 7.60 Å². The largest absolute Gasteiger partial charge is 0.388 e. The Labute approximate surface area is 190 Å². The zero-order chi connectivity index (χ0) is 24.8. The predicted molar refractivity (Wildman–Crippen MR) is 115 cm³/mol. The summed E-state index contributed by atoms with van der Waals surface area (Å²) in [5.41, 5.74) is 4.95. The van der Waals surface area contributed by atoms with E-state index >= 15 is 0 Å². The number of aliphatic hydroxyl groups excluding tert-OH is 2. The average Bonchev–Trinajstić information content (AvgIpc) is 3.31. The van der Waals surface area contributed by atoms with E-state index in [0.29, 0.717) is 4.73 Å². The van der Waals surface area contributed by atoms with Crippen LogP contribution in [0.1, 0.15) is 59.6 Å². The van der Waals surface area contributed by atoms with Crippen LogP contribution in [0.5, 0.6) is 0 Å². The van der Waals surface area contributed by atoms with Gasteiger partial charge in [0.1, 0.15) is 18.5 Å². The molecule has 1 fully saturated rings. The van der Waals surface area contributed by atoms with E-state index in [1.54, 1.807) is 27.7 Å². The van der Waals surface area contributed by atoms with E-state index in [0.717, 1.165) is 6.33 Å². The predicted octanol–water partition coefficient (Wildman–Crippen LogP) is 0.427. The fourth-order valence-corrected chi connectivity index (χ4v) is 5.73. The Morgan fingerprint density at radius 1 is 1.24 bits per heavy atom. The fraction of sp³-hybridized carbons (Fsp3) is 0.737. The number of aromatic nitrogens is 4. The Morgan fingerprint density at radius 3 is 2.45 bits per heavy atom. The molecule has 0 saturated carbocycles. The summed E-state index contributed by atoms with van der Waals surface area (Å²) in [5, 5.41) is 39.7. The molecule has 0 radical (unpaired) electrons. The van der Waals surface area contributed by atoms with Gasteiger partial charge in [0.25, 0.3) is 12.1 Å². The minimum Gasteiger partial charge on any atom is -0.388 e. The number of rotatable bonds is 9. The summed E-state index contributed by atoms with van der Waals surface area (Å²) < 4.78 is 26.4. The number of hydrogen-bond donors (Lipinski definition) is 6. The number of ether oxygens (including phenoxy) is 1. The molecule has 2 aromatic heterocycles. The smallest absolute Gasteiger partial charge is 0.359 e. The second kappa shape index (κ2) is 9.06. The minimum atomic E-state index is -4.46. The molecule has 186 valence electrons. The molecule has 0 aromatic carbocycles. The zero-order valence-electron chi connectivity index (χ0n) is 19.1. The van der Waals surface area contributed by atoms with E-state index in [2.05, 4.69) is 9.97 Å². The number of aliphatic hydroxyl groups is 3. The van der Waals surface area contributed by atoms with Crippen LogP contribution in [0.25, 0.3) is 11.2 Å². The summed E-state index contributed by atoms with van der Waals surface area (Å²) in [6.07, 6.45) is -2.10. The SMILES string of the molecule is CCC(C)(C[C@H]1O[C@@H](n2cnc3c(N)[n+](O)cnc32)[C@H](O)[C@@H]1O)OP(=O)(O)C(O)(CC)CC. The van der Waals surface area contributed by atoms with Crippen LogP contribution in [0.2, 0.25) is 0 Å². The maximum atomic E-state index is 12.9. The Morgan fingerprint density at radius 2 is 1.88 bits per heavy atom. The molecule has 2 unspecified atom stereocenters. The fourth-order valence-electron chi connectivity index (χ4n) is 3.96. The summed E-state index contributed by atoms with van der Waals surface area (Å²) in [7, 11) is -4.46. The molecule has 0 bridgehead atoms. The third-order valence-electron chi connectivity index (χ3n) is 6.54. The Bertz CT molecular complexity index is 1050. The molecule has 1 aliphatic rings. The monoisotopic (exact) mass is 490 g/mol. The summed E-state index contributed by atoms with van der Waals surface area (Å²) in [4.78, 5) is 18.7. The van der Waals surface area contributed by atoms with Gasteiger partial charge in [-0.05, 0) is 26.2 Å². The summed E-state index contributed by atoms with van der Waals surface area (Å²) in [6, 6.07) is 0. The first-order valence-corrected chi connectivity index (χ1v) is 12.4. The van der Waals surface area contributed by atoms with Crippen LogP contribution in [0.3, 0.4) is 0 Å². The van der Waals surface area contributed by atoms with Gasteiger partial charge in [0, 0.05) is 6.42 Å². The van der Waals surface area contributed by atoms with Gasteiger partial charge in [0.15, 0.2) is 11.6 Å². The first-order chi connectivity index (χ1) is 15.3. The van der Waals surface area contributed by atoms with E-state index < -0.39 is 43.1 Å². The third-order valence-corrected chi connectivity index (χ3v) is 8.91. The Hall–Kier alpha value is -1.86. The molecule has 6 atom stereocenters. The molecule has 0 aliphatic carbocycles. The highest BCUT2D eigenvalue weighted by atomic mass is 31.2. The number of fused-ring (bicyclic) bond motifs is 1. The van der Waals surface area contributed by atoms with E-state index in [4.69, 9.17) is 15.0 Å². The number of hydrogen-bond acceptors (Lipinski definition) is 10. The molecular weight excluding hydrogens is 457 g/mol. The van der Waals surface area contributed by atoms with Gasteiger partial charge in [-0.25, -0.2) is 4.98 Å². The highest BCUT2D eigenvalue weighted by molar-refractivity contribution is 7.54. The Kier molecular flexibility index (Phi) is 7.07. The molecule has 2 aromatic rings. The normalized spacial score (nSPS) is 27.5. The molecule has 3 heterocycles. The molecule has 33 heavy (non-hydrogen) atoms. The second-order valence-corrected chi connectivity index (χ2v) is 10.7. The second-order valence-electron chi connectivity index (χ2n) is 8.65. The standard InChI is InChI=1S/C19H32N5O8P/c1-5-18(4,32-33(29,30)19(27,6-2)7-3)8-11-13(25)14(26)17(31-11)23-9-21-12-15(20)24(28)10-22-16(12)23/h9-11,13-14,17,20,25-28H,5-8H2,1-4H3,(H,29,30)/p+1/t11-,13-,14-,17-,18?/m1/s1. The lowest BCUT2D eigenvalue weighted by molar-refractivity contribution is -0.894. The number of anilines is 1. The van der Waals surface area contributed by atoms with Gasteiger partial charge in [-0.3, -0.25) is 9.13 Å². The van der Waals surface area contributed by atoms with E-state index in [-0.39, 0.29) is 42.7 Å². The molecule has 0 amide bonds. The zero-order valence-corrected chi connectivity index (χ0v) is 20.0. The molecular formula is C19H33N5O8P+. The van der Waals surface area contributed by atoms with Gasteiger partial charge in [-0.2, -0.15) is 0 Å². The number of imidazole rings is 1. The highest BCUT2D eigenvalue weighted by Crippen LogP contribution is 2.60. The third kappa shape index (κ3) is 4.46. The molecule has 3 rings (SSSR count). The molecule has 1 saturated heterocycles. The van der Waals surface area contributed by atoms with Crippen molar-refractivity contribution in [3.8, 4) is 0 Å². The van der Waals surface area contributed by atoms with Gasteiger partial charge in [0.2, 0.25) is 11.2 Å². The van der Waals surface area contributed by atoms with Crippen molar-refractivity contribution in [2.75, 3.05) is 5.73 Å². The Balaban J connectivity index is 1.85. The van der Waals surface area contributed by atoms with Crippen LogP contribution in [0, 0.1) is 0 Å². The molecule has 14 heteroatoms. The number of nitrogens with two attached hydrogens (primary N) is 1.